The number of piperidine rings is 1. The fourth-order valence-corrected chi connectivity index (χ4v) is 2.42. The maximum atomic E-state index is 11.7. The number of carboxylic acid groups (broad SMARTS) is 1. The first-order valence-corrected chi connectivity index (χ1v) is 8.23. The minimum Gasteiger partial charge on any atom is -0.475 e. The van der Waals surface area contributed by atoms with Crippen LogP contribution in [0, 0.1) is 0 Å². The number of hydrogen-bond acceptors (Lipinski definition) is 4. The molecular formula is C18H23F3N2O4. The number of methoxy groups -OCH3 is 1. The molecule has 1 unspecified atom stereocenters. The first-order valence-electron chi connectivity index (χ1n) is 8.23. The van der Waals surface area contributed by atoms with E-state index in [0.29, 0.717) is 0 Å². The molecule has 9 heteroatoms. The molecule has 1 aliphatic rings. The van der Waals surface area contributed by atoms with Crippen LogP contribution in [-0.4, -0.2) is 50.4 Å². The number of carbonyl (C=O) groups is 2. The lowest BCUT2D eigenvalue weighted by Gasteiger charge is -2.16. The van der Waals surface area contributed by atoms with Gasteiger partial charge in [-0.05, 0) is 37.1 Å². The molecule has 1 fully saturated rings. The van der Waals surface area contributed by atoms with Gasteiger partial charge in [-0.3, -0.25) is 4.79 Å². The minimum absolute atomic E-state index is 0.128. The van der Waals surface area contributed by atoms with E-state index in [1.165, 1.54) is 11.1 Å². The van der Waals surface area contributed by atoms with Crippen molar-refractivity contribution in [3.8, 4) is 0 Å². The third-order valence-corrected chi connectivity index (χ3v) is 3.82. The molecule has 1 aromatic carbocycles. The van der Waals surface area contributed by atoms with Crippen molar-refractivity contribution in [1.82, 2.24) is 10.6 Å². The zero-order chi connectivity index (χ0) is 20.4. The summed E-state index contributed by atoms with van der Waals surface area (Å²) < 4.78 is 37.0. The zero-order valence-electron chi connectivity index (χ0n) is 15.1. The molecule has 1 aliphatic heterocycles. The minimum atomic E-state index is -5.08. The fourth-order valence-electron chi connectivity index (χ4n) is 2.42. The van der Waals surface area contributed by atoms with E-state index in [-0.39, 0.29) is 5.91 Å². The number of alkyl halides is 3. The van der Waals surface area contributed by atoms with E-state index in [0.717, 1.165) is 31.5 Å². The second kappa shape index (κ2) is 10.7. The van der Waals surface area contributed by atoms with Crippen molar-refractivity contribution < 1.29 is 32.6 Å². The normalized spacial score (nSPS) is 15.2. The average Bonchev–Trinajstić information content (AvgIpc) is 2.64. The Kier molecular flexibility index (Phi) is 8.96. The monoisotopic (exact) mass is 388 g/mol. The van der Waals surface area contributed by atoms with Crippen LogP contribution in [-0.2, 0) is 14.3 Å². The van der Waals surface area contributed by atoms with Crippen molar-refractivity contribution in [3.05, 3.63) is 41.0 Å². The molecule has 0 aliphatic carbocycles. The van der Waals surface area contributed by atoms with E-state index in [9.17, 15) is 18.0 Å². The third-order valence-electron chi connectivity index (χ3n) is 3.82. The zero-order valence-corrected chi connectivity index (χ0v) is 15.1. The maximum absolute atomic E-state index is 11.7. The highest BCUT2D eigenvalue weighted by molar-refractivity contribution is 5.82. The summed E-state index contributed by atoms with van der Waals surface area (Å²) in [5.74, 6) is -2.88. The summed E-state index contributed by atoms with van der Waals surface area (Å²) >= 11 is 0. The summed E-state index contributed by atoms with van der Waals surface area (Å²) in [4.78, 5) is 20.6. The molecule has 1 aromatic rings. The van der Waals surface area contributed by atoms with Crippen LogP contribution in [0.1, 0.15) is 30.1 Å². The van der Waals surface area contributed by atoms with Crippen LogP contribution < -0.4 is 10.6 Å². The number of carboxylic acids is 1. The van der Waals surface area contributed by atoms with Crippen LogP contribution in [0.3, 0.4) is 0 Å². The van der Waals surface area contributed by atoms with Gasteiger partial charge < -0.3 is 20.5 Å². The quantitative estimate of drug-likeness (QED) is 0.738. The van der Waals surface area contributed by atoms with Crippen molar-refractivity contribution in [2.24, 2.45) is 0 Å². The standard InChI is InChI=1S/C16H22N2O2.C2HF3O2/c1-17-16(19)15(20-2)14-5-3-12(4-6-14)11-13-7-9-18-10-8-13;3-2(4,5)1(6)7/h3-6,11,15,18H,7-10H2,1-2H3,(H,17,19);(H,6,7). The first kappa shape index (κ1) is 22.7. The average molecular weight is 388 g/mol. The van der Waals surface area contributed by atoms with E-state index in [1.54, 1.807) is 14.2 Å². The lowest BCUT2D eigenvalue weighted by molar-refractivity contribution is -0.192. The Morgan fingerprint density at radius 1 is 1.22 bits per heavy atom. The van der Waals surface area contributed by atoms with Gasteiger partial charge in [-0.2, -0.15) is 13.2 Å². The van der Waals surface area contributed by atoms with Crippen molar-refractivity contribution >= 4 is 18.0 Å². The number of nitrogens with one attached hydrogen (secondary N) is 2. The first-order chi connectivity index (χ1) is 12.7. The van der Waals surface area contributed by atoms with E-state index < -0.39 is 18.2 Å². The van der Waals surface area contributed by atoms with Crippen LogP contribution in [0.25, 0.3) is 6.08 Å². The van der Waals surface area contributed by atoms with Gasteiger partial charge in [0, 0.05) is 14.2 Å². The summed E-state index contributed by atoms with van der Waals surface area (Å²) in [6, 6.07) is 7.99. The molecular weight excluding hydrogens is 365 g/mol. The van der Waals surface area contributed by atoms with Crippen LogP contribution in [0.2, 0.25) is 0 Å². The van der Waals surface area contributed by atoms with Crippen molar-refractivity contribution in [1.29, 1.82) is 0 Å². The number of halogens is 3. The smallest absolute Gasteiger partial charge is 0.475 e. The summed E-state index contributed by atoms with van der Waals surface area (Å²) in [5, 5.41) is 13.1. The summed E-state index contributed by atoms with van der Waals surface area (Å²) in [7, 11) is 3.16. The lowest BCUT2D eigenvalue weighted by Crippen LogP contribution is -2.26. The lowest BCUT2D eigenvalue weighted by atomic mass is 10.0. The van der Waals surface area contributed by atoms with E-state index >= 15 is 0 Å². The van der Waals surface area contributed by atoms with Gasteiger partial charge in [-0.1, -0.05) is 35.9 Å². The second-order valence-corrected chi connectivity index (χ2v) is 5.75. The molecule has 0 radical (unpaired) electrons. The highest BCUT2D eigenvalue weighted by atomic mass is 19.4. The van der Waals surface area contributed by atoms with E-state index in [4.69, 9.17) is 14.6 Å². The molecule has 27 heavy (non-hydrogen) atoms. The Balaban J connectivity index is 0.000000445. The Bertz CT molecular complexity index is 650. The molecule has 2 rings (SSSR count). The summed E-state index contributed by atoms with van der Waals surface area (Å²) in [6.45, 7) is 2.12. The predicted molar refractivity (Wildman–Crippen MR) is 94.0 cm³/mol. The van der Waals surface area contributed by atoms with E-state index in [2.05, 4.69) is 16.7 Å². The third kappa shape index (κ3) is 7.79. The molecule has 6 nitrogen and oxygen atoms in total. The number of ether oxygens (including phenoxy) is 1. The van der Waals surface area contributed by atoms with Gasteiger partial charge in [0.15, 0.2) is 6.10 Å². The van der Waals surface area contributed by atoms with Gasteiger partial charge >= 0.3 is 12.1 Å². The second-order valence-electron chi connectivity index (χ2n) is 5.75. The summed E-state index contributed by atoms with van der Waals surface area (Å²) in [6.07, 6.45) is -1.16. The molecule has 0 bridgehead atoms. The Hall–Kier alpha value is -2.39. The van der Waals surface area contributed by atoms with Crippen LogP contribution in [0.5, 0.6) is 0 Å². The van der Waals surface area contributed by atoms with Crippen molar-refractivity contribution in [3.63, 3.8) is 0 Å². The maximum Gasteiger partial charge on any atom is 0.490 e. The number of aliphatic carboxylic acids is 1. The van der Waals surface area contributed by atoms with Gasteiger partial charge in [0.1, 0.15) is 0 Å². The van der Waals surface area contributed by atoms with Gasteiger partial charge in [0.25, 0.3) is 5.91 Å². The number of rotatable bonds is 4. The number of hydrogen-bond donors (Lipinski definition) is 3. The number of benzene rings is 1. The molecule has 1 saturated heterocycles. The van der Waals surface area contributed by atoms with Gasteiger partial charge in [-0.15, -0.1) is 0 Å². The summed E-state index contributed by atoms with van der Waals surface area (Å²) in [5.41, 5.74) is 3.53. The van der Waals surface area contributed by atoms with Gasteiger partial charge in [0.2, 0.25) is 0 Å². The Morgan fingerprint density at radius 3 is 2.15 bits per heavy atom. The van der Waals surface area contributed by atoms with Crippen LogP contribution in [0.15, 0.2) is 29.8 Å². The highest BCUT2D eigenvalue weighted by Crippen LogP contribution is 2.20. The molecule has 0 saturated carbocycles. The predicted octanol–water partition coefficient (Wildman–Crippen LogP) is 2.52. The molecule has 1 amide bonds. The molecule has 0 aromatic heterocycles. The van der Waals surface area contributed by atoms with E-state index in [1.807, 2.05) is 24.3 Å². The number of amides is 1. The molecule has 1 heterocycles. The molecule has 3 N–H and O–H groups in total. The highest BCUT2D eigenvalue weighted by Gasteiger charge is 2.38. The topological polar surface area (TPSA) is 87.7 Å². The van der Waals surface area contributed by atoms with Crippen LogP contribution >= 0.6 is 0 Å². The molecule has 150 valence electrons. The Labute approximate surface area is 155 Å². The van der Waals surface area contributed by atoms with Gasteiger partial charge in [0.05, 0.1) is 0 Å². The van der Waals surface area contributed by atoms with Gasteiger partial charge in [-0.25, -0.2) is 4.79 Å². The number of likely N-dealkylation sites (N-methyl/N-ethyl adjacent to an activating group) is 1. The SMILES string of the molecule is CNC(=O)C(OC)c1ccc(C=C2CCNCC2)cc1.O=C(O)C(F)(F)F. The molecule has 0 spiro atoms. The molecule has 1 atom stereocenters. The largest absolute Gasteiger partial charge is 0.490 e. The Morgan fingerprint density at radius 2 is 1.74 bits per heavy atom. The van der Waals surface area contributed by atoms with Crippen LogP contribution in [0.4, 0.5) is 13.2 Å². The van der Waals surface area contributed by atoms with Crippen molar-refractivity contribution in [2.45, 2.75) is 25.1 Å². The van der Waals surface area contributed by atoms with Crippen molar-refractivity contribution in [2.75, 3.05) is 27.2 Å². The number of carbonyl (C=O) groups excluding carboxylic acids is 1. The fraction of sp³-hybridized carbons (Fsp3) is 0.444.